The summed E-state index contributed by atoms with van der Waals surface area (Å²) in [7, 11) is 0. The van der Waals surface area contributed by atoms with Gasteiger partial charge in [-0.05, 0) is 39.0 Å². The Morgan fingerprint density at radius 3 is 2.67 bits per heavy atom. The van der Waals surface area contributed by atoms with Gasteiger partial charge in [0, 0.05) is 37.7 Å². The minimum Gasteiger partial charge on any atom is -0.389 e. The molecule has 0 bridgehead atoms. The highest BCUT2D eigenvalue weighted by Crippen LogP contribution is 2.54. The molecule has 0 radical (unpaired) electrons. The molecule has 4 atom stereocenters. The Morgan fingerprint density at radius 1 is 1.42 bits per heavy atom. The van der Waals surface area contributed by atoms with E-state index in [2.05, 4.69) is 37.8 Å². The number of amides is 1. The highest BCUT2D eigenvalue weighted by Gasteiger charge is 2.60. The summed E-state index contributed by atoms with van der Waals surface area (Å²) in [6, 6.07) is 0.323. The van der Waals surface area contributed by atoms with Crippen molar-refractivity contribution in [2.24, 2.45) is 22.9 Å². The number of aromatic nitrogens is 2. The number of rotatable bonds is 4. The lowest BCUT2D eigenvalue weighted by Crippen LogP contribution is -2.33. The van der Waals surface area contributed by atoms with Gasteiger partial charge in [-0.1, -0.05) is 12.1 Å². The van der Waals surface area contributed by atoms with E-state index in [-0.39, 0.29) is 11.5 Å². The van der Waals surface area contributed by atoms with Crippen molar-refractivity contribution in [3.8, 4) is 0 Å². The Balaban J connectivity index is 1.36. The molecule has 6 heteroatoms. The molecule has 130 valence electrons. The summed E-state index contributed by atoms with van der Waals surface area (Å²) < 4.78 is 1.98. The van der Waals surface area contributed by atoms with Crippen LogP contribution in [-0.2, 0) is 4.84 Å². The topological polar surface area (TPSA) is 59.7 Å². The van der Waals surface area contributed by atoms with Crippen LogP contribution in [0.1, 0.15) is 57.1 Å². The van der Waals surface area contributed by atoms with E-state index in [0.717, 1.165) is 25.9 Å². The fourth-order valence-electron chi connectivity index (χ4n) is 4.06. The van der Waals surface area contributed by atoms with Gasteiger partial charge in [0.25, 0.3) is 5.91 Å². The first kappa shape index (κ1) is 15.7. The van der Waals surface area contributed by atoms with Crippen molar-refractivity contribution in [2.75, 3.05) is 13.1 Å². The average Bonchev–Trinajstić information content (AvgIpc) is 3.05. The van der Waals surface area contributed by atoms with Crippen LogP contribution in [0, 0.1) is 17.8 Å². The van der Waals surface area contributed by atoms with Gasteiger partial charge in [-0.15, -0.1) is 0 Å². The van der Waals surface area contributed by atoms with Crippen molar-refractivity contribution in [2.45, 2.75) is 52.2 Å². The summed E-state index contributed by atoms with van der Waals surface area (Å²) in [4.78, 5) is 24.5. The number of carbonyl (C=O) groups excluding carboxylic acids is 1. The van der Waals surface area contributed by atoms with E-state index < -0.39 is 0 Å². The van der Waals surface area contributed by atoms with Crippen LogP contribution in [-0.4, -0.2) is 44.8 Å². The standard InChI is InChI=1S/C18H26N4O2/c1-5-18(4)6-14(20-24-18)16-12-7-21(8-13(12)16)17(23)15-9-22(10-19-15)11(2)3/h9-13,16H,5-8H2,1-4H3/t12-,13+,16?,18-/m0/s1. The van der Waals surface area contributed by atoms with Crippen LogP contribution in [0.3, 0.4) is 0 Å². The SMILES string of the molecule is CC[C@@]1(C)CC(C2[C@H]3CN(C(=O)c4cn(C(C)C)cn4)C[C@@H]23)=NO1. The van der Waals surface area contributed by atoms with Crippen LogP contribution in [0.4, 0.5) is 0 Å². The molecule has 1 aromatic rings. The van der Waals surface area contributed by atoms with E-state index in [4.69, 9.17) is 4.84 Å². The summed E-state index contributed by atoms with van der Waals surface area (Å²) in [6.07, 6.45) is 5.52. The lowest BCUT2D eigenvalue weighted by atomic mass is 9.94. The zero-order valence-corrected chi connectivity index (χ0v) is 14.9. The third-order valence-corrected chi connectivity index (χ3v) is 5.97. The number of nitrogens with zero attached hydrogens (tertiary/aromatic N) is 4. The summed E-state index contributed by atoms with van der Waals surface area (Å²) in [5.74, 6) is 1.70. The van der Waals surface area contributed by atoms with E-state index in [1.165, 1.54) is 5.71 Å². The molecule has 1 saturated heterocycles. The van der Waals surface area contributed by atoms with Gasteiger partial charge in [-0.25, -0.2) is 4.98 Å². The van der Waals surface area contributed by atoms with Gasteiger partial charge in [0.05, 0.1) is 12.0 Å². The minimum absolute atomic E-state index is 0.0587. The quantitative estimate of drug-likeness (QED) is 0.853. The van der Waals surface area contributed by atoms with Crippen LogP contribution < -0.4 is 0 Å². The largest absolute Gasteiger partial charge is 0.389 e. The Bertz CT molecular complexity index is 683. The Morgan fingerprint density at radius 2 is 2.12 bits per heavy atom. The Labute approximate surface area is 142 Å². The van der Waals surface area contributed by atoms with Crippen LogP contribution in [0.25, 0.3) is 0 Å². The van der Waals surface area contributed by atoms with Gasteiger partial charge in [-0.2, -0.15) is 0 Å². The van der Waals surface area contributed by atoms with Crippen LogP contribution in [0.2, 0.25) is 0 Å². The summed E-state index contributed by atoms with van der Waals surface area (Å²) in [5, 5.41) is 4.35. The third-order valence-electron chi connectivity index (χ3n) is 5.97. The molecular formula is C18H26N4O2. The molecule has 3 aliphatic rings. The monoisotopic (exact) mass is 330 g/mol. The maximum Gasteiger partial charge on any atom is 0.274 e. The fraction of sp³-hybridized carbons (Fsp3) is 0.722. The maximum atomic E-state index is 12.6. The average molecular weight is 330 g/mol. The first-order valence-electron chi connectivity index (χ1n) is 8.99. The van der Waals surface area contributed by atoms with Crippen molar-refractivity contribution < 1.29 is 9.63 Å². The predicted molar refractivity (Wildman–Crippen MR) is 90.8 cm³/mol. The van der Waals surface area contributed by atoms with Gasteiger partial charge in [0.1, 0.15) is 11.3 Å². The van der Waals surface area contributed by atoms with E-state index in [1.54, 1.807) is 6.33 Å². The molecule has 4 rings (SSSR count). The van der Waals surface area contributed by atoms with Crippen LogP contribution in [0.15, 0.2) is 17.7 Å². The molecule has 0 aromatic carbocycles. The van der Waals surface area contributed by atoms with Gasteiger partial charge in [0.2, 0.25) is 0 Å². The Kier molecular flexibility index (Phi) is 3.48. The zero-order valence-electron chi connectivity index (χ0n) is 14.9. The fourth-order valence-corrected chi connectivity index (χ4v) is 4.06. The second-order valence-electron chi connectivity index (χ2n) is 8.02. The predicted octanol–water partition coefficient (Wildman–Crippen LogP) is 2.73. The molecule has 1 aromatic heterocycles. The van der Waals surface area contributed by atoms with Gasteiger partial charge >= 0.3 is 0 Å². The number of fused-ring (bicyclic) bond motifs is 1. The second kappa shape index (κ2) is 5.33. The van der Waals surface area contributed by atoms with E-state index in [0.29, 0.717) is 29.5 Å². The van der Waals surface area contributed by atoms with Gasteiger partial charge in [0.15, 0.2) is 0 Å². The number of piperidine rings is 1. The molecule has 1 unspecified atom stereocenters. The van der Waals surface area contributed by atoms with Crippen LogP contribution >= 0.6 is 0 Å². The van der Waals surface area contributed by atoms with Crippen molar-refractivity contribution in [3.05, 3.63) is 18.2 Å². The summed E-state index contributed by atoms with van der Waals surface area (Å²) in [5.41, 5.74) is 1.65. The molecule has 1 aliphatic carbocycles. The number of hydrogen-bond donors (Lipinski definition) is 0. The molecular weight excluding hydrogens is 304 g/mol. The molecule has 1 saturated carbocycles. The van der Waals surface area contributed by atoms with E-state index >= 15 is 0 Å². The number of carbonyl (C=O) groups is 1. The second-order valence-corrected chi connectivity index (χ2v) is 8.02. The first-order chi connectivity index (χ1) is 11.4. The third kappa shape index (κ3) is 2.43. The van der Waals surface area contributed by atoms with Crippen molar-refractivity contribution in [1.29, 1.82) is 0 Å². The van der Waals surface area contributed by atoms with Crippen molar-refractivity contribution in [1.82, 2.24) is 14.5 Å². The smallest absolute Gasteiger partial charge is 0.274 e. The summed E-state index contributed by atoms with van der Waals surface area (Å²) in [6.45, 7) is 10.1. The molecule has 3 heterocycles. The number of hydrogen-bond acceptors (Lipinski definition) is 4. The van der Waals surface area contributed by atoms with E-state index in [9.17, 15) is 4.79 Å². The first-order valence-corrected chi connectivity index (χ1v) is 8.99. The van der Waals surface area contributed by atoms with Gasteiger partial charge < -0.3 is 14.3 Å². The summed E-state index contributed by atoms with van der Waals surface area (Å²) >= 11 is 0. The van der Waals surface area contributed by atoms with E-state index in [1.807, 2.05) is 15.7 Å². The van der Waals surface area contributed by atoms with Crippen molar-refractivity contribution in [3.63, 3.8) is 0 Å². The molecule has 0 N–H and O–H groups in total. The maximum absolute atomic E-state index is 12.6. The molecule has 24 heavy (non-hydrogen) atoms. The molecule has 6 nitrogen and oxygen atoms in total. The lowest BCUT2D eigenvalue weighted by molar-refractivity contribution is -0.00605. The Hall–Kier alpha value is -1.85. The molecule has 0 spiro atoms. The number of oxime groups is 1. The minimum atomic E-state index is -0.120. The number of likely N-dealkylation sites (tertiary alicyclic amines) is 1. The highest BCUT2D eigenvalue weighted by atomic mass is 16.7. The number of imidazole rings is 1. The molecule has 2 fully saturated rings. The lowest BCUT2D eigenvalue weighted by Gasteiger charge is -2.20. The molecule has 2 aliphatic heterocycles. The van der Waals surface area contributed by atoms with Gasteiger partial charge in [-0.3, -0.25) is 4.79 Å². The highest BCUT2D eigenvalue weighted by molar-refractivity contribution is 5.94. The molecule has 1 amide bonds. The van der Waals surface area contributed by atoms with Crippen LogP contribution in [0.5, 0.6) is 0 Å². The normalized spacial score (nSPS) is 34.3. The zero-order chi connectivity index (χ0) is 17.1. The van der Waals surface area contributed by atoms with Crippen molar-refractivity contribution >= 4 is 11.6 Å².